The van der Waals surface area contributed by atoms with Gasteiger partial charge in [0.15, 0.2) is 12.4 Å². The van der Waals surface area contributed by atoms with Gasteiger partial charge in [0.1, 0.15) is 24.8 Å². The van der Waals surface area contributed by atoms with Crippen molar-refractivity contribution in [2.24, 2.45) is 29.4 Å². The normalized spacial score (nSPS) is 18.1. The highest BCUT2D eigenvalue weighted by atomic mass is 16.7. The molecule has 444 valence electrons. The van der Waals surface area contributed by atoms with Crippen LogP contribution < -0.4 is 27.0 Å². The lowest BCUT2D eigenvalue weighted by Gasteiger charge is -2.41. The SMILES string of the molecule is CCC(CO)OC(COC(=O)NCCC(=O)O[C@@H](C)C(=O)O[C@H](C)CNC(=O)[C@H](Cc1ccccc1)NC(=O)[C@H](C)[C@@H](OC)[C@@H]1CCCN1C(=O)C[C@@H](OC)[C@H]([C@@H](C)CC)N(C)C(=O)[C@@H](NC(=O)[C@@H](N)C(C)C)C(C)C)OC. The molecule has 7 N–H and O–H groups in total. The third-order valence-corrected chi connectivity index (χ3v) is 14.2. The van der Waals surface area contributed by atoms with Crippen LogP contribution in [0.2, 0.25) is 0 Å². The van der Waals surface area contributed by atoms with E-state index in [2.05, 4.69) is 21.3 Å². The predicted molar refractivity (Wildman–Crippen MR) is 289 cm³/mol. The lowest BCUT2D eigenvalue weighted by atomic mass is 9.89. The van der Waals surface area contributed by atoms with Crippen molar-refractivity contribution in [2.45, 2.75) is 181 Å². The van der Waals surface area contributed by atoms with E-state index < -0.39 is 109 Å². The number of esters is 2. The van der Waals surface area contributed by atoms with Crippen LogP contribution in [-0.4, -0.2) is 191 Å². The molecule has 0 spiro atoms. The molecule has 0 radical (unpaired) electrons. The third kappa shape index (κ3) is 22.0. The van der Waals surface area contributed by atoms with Gasteiger partial charge in [-0.05, 0) is 56.4 Å². The summed E-state index contributed by atoms with van der Waals surface area (Å²) in [6, 6.07) is 5.26. The van der Waals surface area contributed by atoms with Crippen LogP contribution in [0.5, 0.6) is 0 Å². The van der Waals surface area contributed by atoms with Gasteiger partial charge in [-0.3, -0.25) is 28.8 Å². The second-order valence-corrected chi connectivity index (χ2v) is 20.8. The number of carbonyl (C=O) groups excluding carboxylic acids is 8. The molecule has 1 aromatic carbocycles. The smallest absolute Gasteiger partial charge is 0.407 e. The molecule has 78 heavy (non-hydrogen) atoms. The Kier molecular flexibility index (Phi) is 31.0. The van der Waals surface area contributed by atoms with E-state index in [-0.39, 0.29) is 75.1 Å². The molecular weight excluding hydrogens is 1010 g/mol. The quantitative estimate of drug-likeness (QED) is 0.0323. The first-order valence-electron chi connectivity index (χ1n) is 27.3. The van der Waals surface area contributed by atoms with Crippen LogP contribution in [0.25, 0.3) is 0 Å². The fraction of sp³-hybridized carbons (Fsp3) is 0.745. The molecule has 1 saturated heterocycles. The number of amides is 6. The molecule has 13 atom stereocenters. The number of hydrogen-bond donors (Lipinski definition) is 6. The number of methoxy groups -OCH3 is 3. The number of rotatable bonds is 35. The molecule has 0 aromatic heterocycles. The Labute approximate surface area is 461 Å². The first-order valence-corrected chi connectivity index (χ1v) is 27.3. The minimum absolute atomic E-state index is 0.0798. The van der Waals surface area contributed by atoms with Crippen molar-refractivity contribution >= 4 is 47.6 Å². The molecule has 1 aromatic rings. The summed E-state index contributed by atoms with van der Waals surface area (Å²) in [4.78, 5) is 111. The number of nitrogens with two attached hydrogens (primary N) is 1. The van der Waals surface area contributed by atoms with Gasteiger partial charge in [-0.2, -0.15) is 0 Å². The van der Waals surface area contributed by atoms with Gasteiger partial charge in [0, 0.05) is 47.9 Å². The van der Waals surface area contributed by atoms with Crippen LogP contribution in [0.1, 0.15) is 113 Å². The minimum atomic E-state index is -1.33. The van der Waals surface area contributed by atoms with Gasteiger partial charge < -0.3 is 75.1 Å². The van der Waals surface area contributed by atoms with Crippen molar-refractivity contribution in [3.05, 3.63) is 35.9 Å². The molecule has 0 saturated carbocycles. The van der Waals surface area contributed by atoms with Gasteiger partial charge in [0.2, 0.25) is 29.5 Å². The zero-order valence-corrected chi connectivity index (χ0v) is 48.6. The summed E-state index contributed by atoms with van der Waals surface area (Å²) < 4.78 is 38.3. The number of ether oxygens (including phenoxy) is 7. The molecule has 23 heteroatoms. The zero-order valence-electron chi connectivity index (χ0n) is 48.6. The summed E-state index contributed by atoms with van der Waals surface area (Å²) in [5.74, 6) is -5.11. The Morgan fingerprint density at radius 3 is 2.05 bits per heavy atom. The zero-order chi connectivity index (χ0) is 58.8. The average Bonchev–Trinajstić information content (AvgIpc) is 3.90. The Balaban J connectivity index is 2.11. The maximum absolute atomic E-state index is 14.4. The molecule has 1 aliphatic heterocycles. The standard InChI is InChI=1S/C55H93N7O16/c1-15-34(7)48(61(11)53(69)47(33(5)6)60-52(68)46(56)32(3)4)42(72-12)28-43(64)62-26-20-23-41(62)49(74-14)36(9)50(66)59-40(27-38-21-18-17-19-22-38)51(67)58-29-35(8)76-54(70)37(10)77-44(65)24-25-57-55(71)75-31-45(73-13)78-39(16-2)30-63/h17-19,21-22,32-37,39-42,45-49,63H,15-16,20,23-31,56H2,1-14H3,(H,57,71)(H,58,67)(H,59,66)(H,60,68)/t34-,35+,36+,37-,39?,40-,41-,42+,45?,46-,47-,48-,49+/m0/s1. The van der Waals surface area contributed by atoms with Crippen LogP contribution in [0.3, 0.4) is 0 Å². The maximum Gasteiger partial charge on any atom is 0.407 e. The Bertz CT molecular complexity index is 2030. The minimum Gasteiger partial charge on any atom is -0.458 e. The highest BCUT2D eigenvalue weighted by Gasteiger charge is 2.43. The fourth-order valence-electron chi connectivity index (χ4n) is 9.07. The molecule has 1 fully saturated rings. The van der Waals surface area contributed by atoms with E-state index in [9.17, 15) is 43.5 Å². The summed E-state index contributed by atoms with van der Waals surface area (Å²) in [5, 5.41) is 20.2. The van der Waals surface area contributed by atoms with E-state index in [1.807, 2.05) is 78.8 Å². The van der Waals surface area contributed by atoms with Gasteiger partial charge in [-0.25, -0.2) is 9.59 Å². The van der Waals surface area contributed by atoms with E-state index in [0.717, 1.165) is 5.56 Å². The number of likely N-dealkylation sites (N-methyl/N-ethyl adjacent to an activating group) is 1. The van der Waals surface area contributed by atoms with Gasteiger partial charge in [0.25, 0.3) is 0 Å². The summed E-state index contributed by atoms with van der Waals surface area (Å²) >= 11 is 0. The molecule has 0 aliphatic carbocycles. The lowest BCUT2D eigenvalue weighted by molar-refractivity contribution is -0.181. The first-order chi connectivity index (χ1) is 36.9. The molecule has 6 amide bonds. The number of nitrogens with zero attached hydrogens (tertiary/aromatic N) is 2. The van der Waals surface area contributed by atoms with Crippen molar-refractivity contribution < 1.29 is 76.6 Å². The summed E-state index contributed by atoms with van der Waals surface area (Å²) in [6.45, 7) is 17.2. The Morgan fingerprint density at radius 1 is 0.821 bits per heavy atom. The van der Waals surface area contributed by atoms with Crippen molar-refractivity contribution in [1.82, 2.24) is 31.1 Å². The molecular formula is C55H93N7O16. The molecule has 2 rings (SSSR count). The molecule has 1 aliphatic rings. The van der Waals surface area contributed by atoms with E-state index in [0.29, 0.717) is 32.2 Å². The number of hydrogen-bond acceptors (Lipinski definition) is 17. The molecule has 1 heterocycles. The number of benzene rings is 1. The number of carbonyl (C=O) groups is 8. The van der Waals surface area contributed by atoms with Gasteiger partial charge >= 0.3 is 18.0 Å². The van der Waals surface area contributed by atoms with Crippen molar-refractivity contribution in [3.63, 3.8) is 0 Å². The maximum atomic E-state index is 14.4. The van der Waals surface area contributed by atoms with Crippen molar-refractivity contribution in [2.75, 3.05) is 61.2 Å². The van der Waals surface area contributed by atoms with Crippen LogP contribution in [0, 0.1) is 23.7 Å². The Morgan fingerprint density at radius 2 is 1.49 bits per heavy atom. The first kappa shape index (κ1) is 68.6. The van der Waals surface area contributed by atoms with E-state index in [1.54, 1.807) is 23.8 Å². The monoisotopic (exact) mass is 1110 g/mol. The van der Waals surface area contributed by atoms with E-state index >= 15 is 0 Å². The van der Waals surface area contributed by atoms with Crippen molar-refractivity contribution in [3.8, 4) is 0 Å². The van der Waals surface area contributed by atoms with Gasteiger partial charge in [-0.15, -0.1) is 0 Å². The lowest BCUT2D eigenvalue weighted by Crippen LogP contribution is -2.59. The number of aliphatic hydroxyl groups excluding tert-OH is 1. The van der Waals surface area contributed by atoms with Gasteiger partial charge in [-0.1, -0.05) is 92.1 Å². The summed E-state index contributed by atoms with van der Waals surface area (Å²) in [6.07, 6.45) is -3.90. The second kappa shape index (κ2) is 35.2. The highest BCUT2D eigenvalue weighted by Crippen LogP contribution is 2.30. The summed E-state index contributed by atoms with van der Waals surface area (Å²) in [5.41, 5.74) is 6.89. The van der Waals surface area contributed by atoms with E-state index in [4.69, 9.17) is 38.9 Å². The molecule has 2 unspecified atom stereocenters. The average molecular weight is 1110 g/mol. The second-order valence-electron chi connectivity index (χ2n) is 20.8. The topological polar surface area (TPSA) is 302 Å². The number of nitrogens with one attached hydrogen (secondary N) is 4. The Hall–Kier alpha value is -5.46. The van der Waals surface area contributed by atoms with Crippen LogP contribution >= 0.6 is 0 Å². The highest BCUT2D eigenvalue weighted by molar-refractivity contribution is 5.91. The van der Waals surface area contributed by atoms with Gasteiger partial charge in [0.05, 0.1) is 68.3 Å². The fourth-order valence-corrected chi connectivity index (χ4v) is 9.07. The number of likely N-dealkylation sites (tertiary alicyclic amines) is 1. The van der Waals surface area contributed by atoms with Crippen LogP contribution in [0.4, 0.5) is 4.79 Å². The van der Waals surface area contributed by atoms with E-state index in [1.165, 1.54) is 35.2 Å². The molecule has 0 bridgehead atoms. The largest absolute Gasteiger partial charge is 0.458 e. The third-order valence-electron chi connectivity index (χ3n) is 14.2. The number of aliphatic hydroxyl groups is 1. The van der Waals surface area contributed by atoms with Crippen LogP contribution in [0.15, 0.2) is 30.3 Å². The number of alkyl carbamates (subject to hydrolysis) is 1. The predicted octanol–water partition coefficient (Wildman–Crippen LogP) is 2.61. The summed E-state index contributed by atoms with van der Waals surface area (Å²) in [7, 11) is 6.00. The van der Waals surface area contributed by atoms with Crippen molar-refractivity contribution in [1.29, 1.82) is 0 Å². The van der Waals surface area contributed by atoms with Crippen LogP contribution in [-0.2, 0) is 73.1 Å². The molecule has 23 nitrogen and oxygen atoms in total.